The molecule has 2 heteroatoms. The highest BCUT2D eigenvalue weighted by Crippen LogP contribution is 2.54. The van der Waals surface area contributed by atoms with Crippen LogP contribution in [0.2, 0.25) is 0 Å². The number of hydrogen-bond donors (Lipinski definition) is 0. The number of anilines is 6. The van der Waals surface area contributed by atoms with Gasteiger partial charge in [0.2, 0.25) is 0 Å². The molecular weight excluding hydrogens is 605 g/mol. The minimum absolute atomic E-state index is 0.168. The van der Waals surface area contributed by atoms with Crippen LogP contribution in [0.3, 0.4) is 0 Å². The van der Waals surface area contributed by atoms with Crippen LogP contribution in [0.5, 0.6) is 0 Å². The number of nitrogens with zero attached hydrogens (tertiary/aromatic N) is 2. The summed E-state index contributed by atoms with van der Waals surface area (Å²) in [5, 5.41) is 4.94. The van der Waals surface area contributed by atoms with Crippen LogP contribution in [0.25, 0.3) is 32.7 Å². The van der Waals surface area contributed by atoms with E-state index >= 15 is 0 Å². The summed E-state index contributed by atoms with van der Waals surface area (Å²) in [6, 6.07) is 66.3. The van der Waals surface area contributed by atoms with Crippen LogP contribution in [0.15, 0.2) is 182 Å². The first-order valence-corrected chi connectivity index (χ1v) is 17.6. The molecule has 240 valence electrons. The second-order valence-electron chi connectivity index (χ2n) is 13.5. The summed E-state index contributed by atoms with van der Waals surface area (Å²) in [6.07, 6.45) is 0.985. The van der Waals surface area contributed by atoms with Crippen LogP contribution < -0.4 is 9.80 Å². The number of rotatable bonds is 7. The van der Waals surface area contributed by atoms with Gasteiger partial charge in [0, 0.05) is 38.9 Å². The zero-order valence-electron chi connectivity index (χ0n) is 28.4. The van der Waals surface area contributed by atoms with Crippen molar-refractivity contribution in [1.29, 1.82) is 0 Å². The fourth-order valence-electron chi connectivity index (χ4n) is 8.07. The maximum absolute atomic E-state index is 2.45. The first-order chi connectivity index (χ1) is 24.6. The summed E-state index contributed by atoms with van der Waals surface area (Å²) >= 11 is 0. The van der Waals surface area contributed by atoms with Gasteiger partial charge in [-0.3, -0.25) is 0 Å². The van der Waals surface area contributed by atoms with Gasteiger partial charge in [0.25, 0.3) is 0 Å². The third-order valence-corrected chi connectivity index (χ3v) is 10.8. The van der Waals surface area contributed by atoms with Gasteiger partial charge in [0.15, 0.2) is 0 Å². The van der Waals surface area contributed by atoms with E-state index in [2.05, 4.69) is 206 Å². The summed E-state index contributed by atoms with van der Waals surface area (Å²) in [5.74, 6) is 0. The molecule has 50 heavy (non-hydrogen) atoms. The molecule has 0 atom stereocenters. The Kier molecular flexibility index (Phi) is 7.25. The van der Waals surface area contributed by atoms with Gasteiger partial charge < -0.3 is 9.80 Å². The summed E-state index contributed by atoms with van der Waals surface area (Å²) < 4.78 is 0. The molecule has 0 aromatic heterocycles. The van der Waals surface area contributed by atoms with Crippen molar-refractivity contribution < 1.29 is 0 Å². The van der Waals surface area contributed by atoms with Crippen molar-refractivity contribution >= 4 is 55.7 Å². The second-order valence-corrected chi connectivity index (χ2v) is 13.5. The molecule has 0 aliphatic heterocycles. The number of benzene rings is 8. The predicted octanol–water partition coefficient (Wildman–Crippen LogP) is 13.6. The molecule has 0 bridgehead atoms. The van der Waals surface area contributed by atoms with E-state index in [0.29, 0.717) is 0 Å². The molecule has 8 aromatic carbocycles. The maximum Gasteiger partial charge on any atom is 0.0540 e. The van der Waals surface area contributed by atoms with Crippen molar-refractivity contribution in [2.24, 2.45) is 0 Å². The van der Waals surface area contributed by atoms with E-state index in [0.717, 1.165) is 17.8 Å². The Hall–Kier alpha value is -6.12. The van der Waals surface area contributed by atoms with Crippen molar-refractivity contribution in [2.75, 3.05) is 9.80 Å². The van der Waals surface area contributed by atoms with Crippen LogP contribution >= 0.6 is 0 Å². The van der Waals surface area contributed by atoms with Crippen LogP contribution in [0.1, 0.15) is 31.4 Å². The average Bonchev–Trinajstić information content (AvgIpc) is 3.43. The van der Waals surface area contributed by atoms with Crippen LogP contribution in [0.4, 0.5) is 34.1 Å². The molecule has 9 rings (SSSR count). The monoisotopic (exact) mass is 642 g/mol. The normalized spacial score (nSPS) is 12.8. The zero-order chi connectivity index (χ0) is 33.7. The Morgan fingerprint density at radius 2 is 0.800 bits per heavy atom. The molecule has 0 unspecified atom stereocenters. The molecule has 0 saturated carbocycles. The van der Waals surface area contributed by atoms with Crippen molar-refractivity contribution in [3.63, 3.8) is 0 Å². The third-order valence-electron chi connectivity index (χ3n) is 10.8. The maximum atomic E-state index is 2.45. The Labute approximate surface area is 294 Å². The first-order valence-electron chi connectivity index (χ1n) is 17.6. The van der Waals surface area contributed by atoms with Gasteiger partial charge in [0.05, 0.1) is 11.4 Å². The van der Waals surface area contributed by atoms with Crippen LogP contribution in [0, 0.1) is 0 Å². The second kappa shape index (κ2) is 12.1. The minimum atomic E-state index is -0.168. The summed E-state index contributed by atoms with van der Waals surface area (Å²) in [7, 11) is 0. The van der Waals surface area contributed by atoms with Gasteiger partial charge in [-0.15, -0.1) is 0 Å². The first kappa shape index (κ1) is 30.0. The molecule has 0 fully saturated rings. The van der Waals surface area contributed by atoms with Gasteiger partial charge >= 0.3 is 0 Å². The van der Waals surface area contributed by atoms with E-state index in [9.17, 15) is 0 Å². The molecule has 1 aliphatic rings. The minimum Gasteiger partial charge on any atom is -0.310 e. The topological polar surface area (TPSA) is 6.48 Å². The summed E-state index contributed by atoms with van der Waals surface area (Å²) in [5.41, 5.74) is 12.2. The van der Waals surface area contributed by atoms with Crippen molar-refractivity contribution in [1.82, 2.24) is 0 Å². The Balaban J connectivity index is 1.21. The van der Waals surface area contributed by atoms with E-state index in [1.807, 2.05) is 0 Å². The molecule has 0 radical (unpaired) electrons. The van der Waals surface area contributed by atoms with E-state index in [1.54, 1.807) is 0 Å². The zero-order valence-corrected chi connectivity index (χ0v) is 28.4. The van der Waals surface area contributed by atoms with Crippen molar-refractivity contribution in [3.8, 4) is 11.1 Å². The number of fused-ring (bicyclic) bond motifs is 5. The lowest BCUT2D eigenvalue weighted by molar-refractivity contribution is 0.564. The summed E-state index contributed by atoms with van der Waals surface area (Å²) in [6.45, 7) is 4.76. The van der Waals surface area contributed by atoms with Crippen molar-refractivity contribution in [3.05, 3.63) is 193 Å². The Morgan fingerprint density at radius 1 is 0.400 bits per heavy atom. The molecule has 0 heterocycles. The Bertz CT molecular complexity index is 2320. The smallest absolute Gasteiger partial charge is 0.0540 e. The predicted molar refractivity (Wildman–Crippen MR) is 213 cm³/mol. The van der Waals surface area contributed by atoms with E-state index in [-0.39, 0.29) is 5.41 Å². The molecule has 0 saturated heterocycles. The lowest BCUT2D eigenvalue weighted by Crippen LogP contribution is -2.21. The average molecular weight is 643 g/mol. The fraction of sp³-hybridized carbons (Fsp3) is 0.0833. The third kappa shape index (κ3) is 4.79. The van der Waals surface area contributed by atoms with E-state index in [1.165, 1.54) is 66.5 Å². The molecule has 8 aromatic rings. The number of hydrogen-bond acceptors (Lipinski definition) is 2. The lowest BCUT2D eigenvalue weighted by atomic mass is 9.77. The molecular formula is C48H38N2. The summed E-state index contributed by atoms with van der Waals surface area (Å²) in [4.78, 5) is 4.84. The van der Waals surface area contributed by atoms with E-state index in [4.69, 9.17) is 0 Å². The molecule has 0 spiro atoms. The quantitative estimate of drug-likeness (QED) is 0.171. The molecule has 2 nitrogen and oxygen atoms in total. The van der Waals surface area contributed by atoms with Gasteiger partial charge in [-0.05, 0) is 100 Å². The molecule has 0 amide bonds. The molecule has 1 aliphatic carbocycles. The highest BCUT2D eigenvalue weighted by molar-refractivity contribution is 6.01. The fourth-order valence-corrected chi connectivity index (χ4v) is 8.07. The van der Waals surface area contributed by atoms with E-state index < -0.39 is 0 Å². The number of para-hydroxylation sites is 2. The van der Waals surface area contributed by atoms with Gasteiger partial charge in [-0.25, -0.2) is 0 Å². The lowest BCUT2D eigenvalue weighted by Gasteiger charge is -2.31. The van der Waals surface area contributed by atoms with Gasteiger partial charge in [0.1, 0.15) is 0 Å². The van der Waals surface area contributed by atoms with Crippen LogP contribution in [-0.2, 0) is 5.41 Å². The van der Waals surface area contributed by atoms with Crippen molar-refractivity contribution in [2.45, 2.75) is 25.7 Å². The highest BCUT2D eigenvalue weighted by Gasteiger charge is 2.39. The standard InChI is InChI=1S/C48H38N2/c1-3-48(2)44-32-38(49(36-20-6-4-7-21-36)46-26-14-18-34-16-10-12-24-40(34)46)28-30-42(44)43-31-29-39(33-45(43)48)50(37-22-8-5-9-23-37)47-27-15-19-35-17-11-13-25-41(35)47/h4-33H,3H2,1-2H3. The Morgan fingerprint density at radius 3 is 1.24 bits per heavy atom. The largest absolute Gasteiger partial charge is 0.310 e. The van der Waals surface area contributed by atoms with Crippen LogP contribution in [-0.4, -0.2) is 0 Å². The van der Waals surface area contributed by atoms with Gasteiger partial charge in [-0.2, -0.15) is 0 Å². The SMILES string of the molecule is CCC1(C)c2cc(N(c3ccccc3)c3cccc4ccccc34)ccc2-c2ccc(N(c3ccccc3)c3cccc4ccccc34)cc21. The molecule has 0 N–H and O–H groups in total. The van der Waals surface area contributed by atoms with Gasteiger partial charge in [-0.1, -0.05) is 135 Å². The highest BCUT2D eigenvalue weighted by atomic mass is 15.1.